The highest BCUT2D eigenvalue weighted by Gasteiger charge is 2.12. The van der Waals surface area contributed by atoms with Crippen LogP contribution in [0.3, 0.4) is 0 Å². The minimum absolute atomic E-state index is 0.283. The minimum atomic E-state index is -3.46. The molecule has 1 aromatic rings. The summed E-state index contributed by atoms with van der Waals surface area (Å²) in [6.07, 6.45) is 3.45. The minimum Gasteiger partial charge on any atom is -0.356 e. The third-order valence-electron chi connectivity index (χ3n) is 3.34. The molecule has 0 saturated heterocycles. The van der Waals surface area contributed by atoms with Crippen LogP contribution in [-0.4, -0.2) is 41.1 Å². The van der Waals surface area contributed by atoms with Gasteiger partial charge in [0.1, 0.15) is 0 Å². The predicted octanol–water partition coefficient (Wildman–Crippen LogP) is 1.63. The summed E-state index contributed by atoms with van der Waals surface area (Å²) in [5.41, 5.74) is 1.03. The normalized spacial score (nSPS) is 12.2. The second-order valence-electron chi connectivity index (χ2n) is 5.34. The van der Waals surface area contributed by atoms with Gasteiger partial charge >= 0.3 is 0 Å². The molecule has 3 N–H and O–H groups in total. The quantitative estimate of drug-likeness (QED) is 0.362. The van der Waals surface area contributed by atoms with E-state index in [2.05, 4.69) is 27.3 Å². The summed E-state index contributed by atoms with van der Waals surface area (Å²) in [7, 11) is -1.76. The number of guanidine groups is 1. The van der Waals surface area contributed by atoms with Gasteiger partial charge in [-0.25, -0.2) is 13.1 Å². The fraction of sp³-hybridized carbons (Fsp3) is 0.562. The Morgan fingerprint density at radius 1 is 1.04 bits per heavy atom. The molecule has 0 aliphatic rings. The molecular weight excluding hydrogens is 312 g/mol. The smallest absolute Gasteiger partial charge is 0.240 e. The van der Waals surface area contributed by atoms with E-state index in [1.807, 2.05) is 6.92 Å². The molecule has 0 atom stereocenters. The molecule has 0 amide bonds. The van der Waals surface area contributed by atoms with Gasteiger partial charge < -0.3 is 10.6 Å². The Morgan fingerprint density at radius 2 is 1.70 bits per heavy atom. The second-order valence-corrected chi connectivity index (χ2v) is 7.11. The number of nitrogens with one attached hydrogen (secondary N) is 3. The first-order valence-corrected chi connectivity index (χ1v) is 9.48. The number of aryl methyl sites for hydroxylation is 1. The molecule has 0 aromatic heterocycles. The number of unbranched alkanes of at least 4 members (excludes halogenated alkanes) is 2. The van der Waals surface area contributed by atoms with Crippen LogP contribution in [-0.2, 0) is 10.0 Å². The van der Waals surface area contributed by atoms with E-state index in [0.29, 0.717) is 19.0 Å². The molecule has 23 heavy (non-hydrogen) atoms. The largest absolute Gasteiger partial charge is 0.356 e. The van der Waals surface area contributed by atoms with Gasteiger partial charge in [0.25, 0.3) is 0 Å². The lowest BCUT2D eigenvalue weighted by Gasteiger charge is -2.12. The Morgan fingerprint density at radius 3 is 2.30 bits per heavy atom. The summed E-state index contributed by atoms with van der Waals surface area (Å²) < 4.78 is 26.8. The Bertz CT molecular complexity index is 583. The highest BCUT2D eigenvalue weighted by Crippen LogP contribution is 2.09. The molecule has 0 heterocycles. The van der Waals surface area contributed by atoms with Gasteiger partial charge in [-0.15, -0.1) is 0 Å². The summed E-state index contributed by atoms with van der Waals surface area (Å²) in [4.78, 5) is 4.39. The van der Waals surface area contributed by atoms with E-state index in [1.54, 1.807) is 31.3 Å². The van der Waals surface area contributed by atoms with E-state index in [-0.39, 0.29) is 4.90 Å². The number of sulfonamides is 1. The number of nitrogens with zero attached hydrogens (tertiary/aromatic N) is 1. The van der Waals surface area contributed by atoms with Crippen LogP contribution in [0.15, 0.2) is 34.2 Å². The maximum atomic E-state index is 12.1. The van der Waals surface area contributed by atoms with Gasteiger partial charge in [0, 0.05) is 26.7 Å². The number of rotatable bonds is 9. The lowest BCUT2D eigenvalue weighted by Crippen LogP contribution is -2.41. The number of hydrogen-bond acceptors (Lipinski definition) is 3. The van der Waals surface area contributed by atoms with E-state index in [9.17, 15) is 8.42 Å². The maximum absolute atomic E-state index is 12.1. The van der Waals surface area contributed by atoms with E-state index in [1.165, 1.54) is 12.8 Å². The Kier molecular flexibility index (Phi) is 8.65. The van der Waals surface area contributed by atoms with Gasteiger partial charge in [-0.2, -0.15) is 0 Å². The van der Waals surface area contributed by atoms with Crippen molar-refractivity contribution in [1.82, 2.24) is 15.4 Å². The molecule has 6 nitrogen and oxygen atoms in total. The van der Waals surface area contributed by atoms with Crippen LogP contribution in [0, 0.1) is 6.92 Å². The molecule has 1 aromatic carbocycles. The van der Waals surface area contributed by atoms with Gasteiger partial charge in [-0.1, -0.05) is 37.5 Å². The molecule has 0 spiro atoms. The molecule has 7 heteroatoms. The fourth-order valence-corrected chi connectivity index (χ4v) is 3.00. The zero-order chi connectivity index (χ0) is 17.1. The van der Waals surface area contributed by atoms with Gasteiger partial charge in [-0.3, -0.25) is 4.99 Å². The third kappa shape index (κ3) is 7.47. The summed E-state index contributed by atoms with van der Waals surface area (Å²) in [6.45, 7) is 5.72. The van der Waals surface area contributed by atoms with E-state index in [0.717, 1.165) is 18.5 Å². The molecule has 0 unspecified atom stereocenters. The van der Waals surface area contributed by atoms with Crippen molar-refractivity contribution >= 4 is 16.0 Å². The zero-order valence-corrected chi connectivity index (χ0v) is 15.0. The van der Waals surface area contributed by atoms with Gasteiger partial charge in [0.05, 0.1) is 4.90 Å². The van der Waals surface area contributed by atoms with Crippen LogP contribution in [0.25, 0.3) is 0 Å². The molecule has 0 saturated carbocycles. The molecule has 0 aliphatic carbocycles. The summed E-state index contributed by atoms with van der Waals surface area (Å²) in [5.74, 6) is 0.690. The van der Waals surface area contributed by atoms with Crippen LogP contribution < -0.4 is 15.4 Å². The number of hydrogen-bond donors (Lipinski definition) is 3. The molecule has 0 aliphatic heterocycles. The highest BCUT2D eigenvalue weighted by molar-refractivity contribution is 7.89. The molecule has 0 radical (unpaired) electrons. The number of aliphatic imine (C=N–C) groups is 1. The predicted molar refractivity (Wildman–Crippen MR) is 95.3 cm³/mol. The van der Waals surface area contributed by atoms with Crippen LogP contribution in [0.1, 0.15) is 31.7 Å². The van der Waals surface area contributed by atoms with Crippen molar-refractivity contribution in [3.05, 3.63) is 29.8 Å². The van der Waals surface area contributed by atoms with Crippen LogP contribution in [0.5, 0.6) is 0 Å². The third-order valence-corrected chi connectivity index (χ3v) is 4.81. The van der Waals surface area contributed by atoms with Gasteiger partial charge in [0.15, 0.2) is 5.96 Å². The molecule has 1 rings (SSSR count). The van der Waals surface area contributed by atoms with Crippen molar-refractivity contribution in [2.24, 2.45) is 4.99 Å². The van der Waals surface area contributed by atoms with E-state index < -0.39 is 10.0 Å². The molecule has 0 bridgehead atoms. The summed E-state index contributed by atoms with van der Waals surface area (Å²) in [5, 5.41) is 6.29. The maximum Gasteiger partial charge on any atom is 0.240 e. The van der Waals surface area contributed by atoms with Gasteiger partial charge in [-0.05, 0) is 25.5 Å². The van der Waals surface area contributed by atoms with Crippen LogP contribution in [0.2, 0.25) is 0 Å². The van der Waals surface area contributed by atoms with Crippen molar-refractivity contribution in [2.45, 2.75) is 38.0 Å². The molecule has 0 fully saturated rings. The van der Waals surface area contributed by atoms with Crippen molar-refractivity contribution in [3.8, 4) is 0 Å². The lowest BCUT2D eigenvalue weighted by molar-refractivity contribution is 0.580. The fourth-order valence-electron chi connectivity index (χ4n) is 1.97. The van der Waals surface area contributed by atoms with Crippen molar-refractivity contribution in [2.75, 3.05) is 26.7 Å². The first-order valence-electron chi connectivity index (χ1n) is 8.00. The standard InChI is InChI=1S/C16H28N4O2S/c1-4-5-6-11-18-16(17-3)19-12-13-20-23(21,22)15-9-7-14(2)8-10-15/h7-10,20H,4-6,11-13H2,1-3H3,(H2,17,18,19). The monoisotopic (exact) mass is 340 g/mol. The molecular formula is C16H28N4O2S. The summed E-state index contributed by atoms with van der Waals surface area (Å²) in [6, 6.07) is 6.79. The molecule has 130 valence electrons. The highest BCUT2D eigenvalue weighted by atomic mass is 32.2. The topological polar surface area (TPSA) is 82.6 Å². The SMILES string of the molecule is CCCCCNC(=NC)NCCNS(=O)(=O)c1ccc(C)cc1. The first kappa shape index (κ1) is 19.4. The van der Waals surface area contributed by atoms with Crippen molar-refractivity contribution in [3.63, 3.8) is 0 Å². The average molecular weight is 340 g/mol. The Hall–Kier alpha value is -1.60. The van der Waals surface area contributed by atoms with Crippen molar-refractivity contribution < 1.29 is 8.42 Å². The lowest BCUT2D eigenvalue weighted by atomic mass is 10.2. The van der Waals surface area contributed by atoms with Crippen LogP contribution in [0.4, 0.5) is 0 Å². The average Bonchev–Trinajstić information content (AvgIpc) is 2.53. The number of benzene rings is 1. The van der Waals surface area contributed by atoms with E-state index in [4.69, 9.17) is 0 Å². The first-order chi connectivity index (χ1) is 11.0. The van der Waals surface area contributed by atoms with E-state index >= 15 is 0 Å². The van der Waals surface area contributed by atoms with Gasteiger partial charge in [0.2, 0.25) is 10.0 Å². The second kappa shape index (κ2) is 10.2. The zero-order valence-electron chi connectivity index (χ0n) is 14.2. The van der Waals surface area contributed by atoms with Crippen molar-refractivity contribution in [1.29, 1.82) is 0 Å². The summed E-state index contributed by atoms with van der Waals surface area (Å²) >= 11 is 0. The Labute approximate surface area is 139 Å². The van der Waals surface area contributed by atoms with Crippen LogP contribution >= 0.6 is 0 Å². The Balaban J connectivity index is 2.33.